The molecule has 1 amide bonds. The SMILES string of the molecule is CC(C)(C)OC(=O)N1CCN(c2cc(-c3ncccn3)cnc2N)CC1. The Bertz CT molecular complexity index is 767. The van der Waals surface area contributed by atoms with Crippen LogP contribution in [0.15, 0.2) is 30.7 Å². The lowest BCUT2D eigenvalue weighted by Crippen LogP contribution is -2.50. The number of anilines is 2. The van der Waals surface area contributed by atoms with Crippen molar-refractivity contribution in [1.29, 1.82) is 0 Å². The Balaban J connectivity index is 1.71. The smallest absolute Gasteiger partial charge is 0.410 e. The number of hydrogen-bond donors (Lipinski definition) is 1. The molecule has 0 spiro atoms. The first-order valence-corrected chi connectivity index (χ1v) is 8.59. The molecule has 8 nitrogen and oxygen atoms in total. The highest BCUT2D eigenvalue weighted by Gasteiger charge is 2.26. The summed E-state index contributed by atoms with van der Waals surface area (Å²) in [6.45, 7) is 8.05. The maximum Gasteiger partial charge on any atom is 0.410 e. The maximum absolute atomic E-state index is 12.2. The van der Waals surface area contributed by atoms with Crippen LogP contribution in [0.4, 0.5) is 16.3 Å². The first kappa shape index (κ1) is 17.9. The molecule has 0 atom stereocenters. The average molecular weight is 356 g/mol. The summed E-state index contributed by atoms with van der Waals surface area (Å²) in [6.07, 6.45) is 4.77. The van der Waals surface area contributed by atoms with Gasteiger partial charge in [-0.25, -0.2) is 19.7 Å². The molecule has 1 saturated heterocycles. The molecule has 0 unspecified atom stereocenters. The van der Waals surface area contributed by atoms with E-state index in [1.807, 2.05) is 26.8 Å². The van der Waals surface area contributed by atoms with Crippen molar-refractivity contribution in [2.75, 3.05) is 36.8 Å². The zero-order valence-electron chi connectivity index (χ0n) is 15.3. The summed E-state index contributed by atoms with van der Waals surface area (Å²) in [4.78, 5) is 28.8. The van der Waals surface area contributed by atoms with E-state index in [-0.39, 0.29) is 6.09 Å². The van der Waals surface area contributed by atoms with Crippen LogP contribution in [0.25, 0.3) is 11.4 Å². The van der Waals surface area contributed by atoms with E-state index in [4.69, 9.17) is 10.5 Å². The van der Waals surface area contributed by atoms with Gasteiger partial charge >= 0.3 is 6.09 Å². The van der Waals surface area contributed by atoms with Crippen molar-refractivity contribution in [2.24, 2.45) is 0 Å². The summed E-state index contributed by atoms with van der Waals surface area (Å²) in [5.41, 5.74) is 7.23. The van der Waals surface area contributed by atoms with Gasteiger partial charge in [0.05, 0.1) is 5.69 Å². The van der Waals surface area contributed by atoms with Gasteiger partial charge in [0.1, 0.15) is 11.4 Å². The number of nitrogens with zero attached hydrogens (tertiary/aromatic N) is 5. The third-order valence-electron chi connectivity index (χ3n) is 3.99. The van der Waals surface area contributed by atoms with E-state index in [0.29, 0.717) is 37.8 Å². The number of piperazine rings is 1. The topological polar surface area (TPSA) is 97.5 Å². The number of aromatic nitrogens is 3. The minimum Gasteiger partial charge on any atom is -0.444 e. The Kier molecular flexibility index (Phi) is 4.92. The van der Waals surface area contributed by atoms with Gasteiger partial charge < -0.3 is 20.3 Å². The Morgan fingerprint density at radius 1 is 1.12 bits per heavy atom. The summed E-state index contributed by atoms with van der Waals surface area (Å²) in [7, 11) is 0. The maximum atomic E-state index is 12.2. The lowest BCUT2D eigenvalue weighted by Gasteiger charge is -2.37. The Labute approximate surface area is 153 Å². The molecule has 0 aromatic carbocycles. The van der Waals surface area contributed by atoms with Crippen molar-refractivity contribution in [3.05, 3.63) is 30.7 Å². The highest BCUT2D eigenvalue weighted by Crippen LogP contribution is 2.27. The average Bonchev–Trinajstić information content (AvgIpc) is 2.62. The minimum absolute atomic E-state index is 0.283. The van der Waals surface area contributed by atoms with Crippen LogP contribution in [0, 0.1) is 0 Å². The molecule has 0 bridgehead atoms. The molecule has 1 aliphatic heterocycles. The van der Waals surface area contributed by atoms with Gasteiger partial charge in [-0.05, 0) is 32.9 Å². The molecule has 2 N–H and O–H groups in total. The van der Waals surface area contributed by atoms with Gasteiger partial charge in [-0.1, -0.05) is 0 Å². The predicted molar refractivity (Wildman–Crippen MR) is 99.7 cm³/mol. The molecule has 0 radical (unpaired) electrons. The van der Waals surface area contributed by atoms with Gasteiger partial charge in [-0.2, -0.15) is 0 Å². The van der Waals surface area contributed by atoms with E-state index < -0.39 is 5.60 Å². The van der Waals surface area contributed by atoms with Gasteiger partial charge in [0.2, 0.25) is 0 Å². The van der Waals surface area contributed by atoms with Crippen LogP contribution >= 0.6 is 0 Å². The molecule has 3 rings (SSSR count). The number of amides is 1. The Hall–Kier alpha value is -2.90. The lowest BCUT2D eigenvalue weighted by atomic mass is 10.2. The number of nitrogens with two attached hydrogens (primary N) is 1. The fourth-order valence-corrected chi connectivity index (χ4v) is 2.74. The van der Waals surface area contributed by atoms with Crippen molar-refractivity contribution in [1.82, 2.24) is 19.9 Å². The van der Waals surface area contributed by atoms with Crippen LogP contribution in [0.5, 0.6) is 0 Å². The molecule has 3 heterocycles. The Morgan fingerprint density at radius 2 is 1.77 bits per heavy atom. The zero-order valence-corrected chi connectivity index (χ0v) is 15.3. The van der Waals surface area contributed by atoms with Crippen LogP contribution in [0.2, 0.25) is 0 Å². The standard InChI is InChI=1S/C18H24N6O2/c1-18(2,3)26-17(25)24-9-7-23(8-10-24)14-11-13(12-22-15(14)19)16-20-5-4-6-21-16/h4-6,11-12H,7-10H2,1-3H3,(H2,19,22). The molecule has 2 aromatic heterocycles. The van der Waals surface area contributed by atoms with Gasteiger partial charge in [-0.15, -0.1) is 0 Å². The second-order valence-electron chi connectivity index (χ2n) is 7.16. The highest BCUT2D eigenvalue weighted by molar-refractivity contribution is 5.72. The van der Waals surface area contributed by atoms with Crippen molar-refractivity contribution in [2.45, 2.75) is 26.4 Å². The monoisotopic (exact) mass is 356 g/mol. The normalized spacial score (nSPS) is 15.0. The summed E-state index contributed by atoms with van der Waals surface area (Å²) >= 11 is 0. The highest BCUT2D eigenvalue weighted by atomic mass is 16.6. The minimum atomic E-state index is -0.493. The summed E-state index contributed by atoms with van der Waals surface area (Å²) in [5, 5.41) is 0. The van der Waals surface area contributed by atoms with E-state index in [1.54, 1.807) is 29.6 Å². The predicted octanol–water partition coefficient (Wildman–Crippen LogP) is 2.18. The number of carbonyl (C=O) groups excluding carboxylic acids is 1. The lowest BCUT2D eigenvalue weighted by molar-refractivity contribution is 0.0240. The number of hydrogen-bond acceptors (Lipinski definition) is 7. The zero-order chi connectivity index (χ0) is 18.7. The van der Waals surface area contributed by atoms with E-state index >= 15 is 0 Å². The van der Waals surface area contributed by atoms with E-state index in [9.17, 15) is 4.79 Å². The third-order valence-corrected chi connectivity index (χ3v) is 3.99. The molecule has 138 valence electrons. The number of ether oxygens (including phenoxy) is 1. The molecule has 0 saturated carbocycles. The molecule has 1 aliphatic rings. The van der Waals surface area contributed by atoms with Gasteiger partial charge in [0.15, 0.2) is 5.82 Å². The number of rotatable bonds is 2. The van der Waals surface area contributed by atoms with Gasteiger partial charge in [0, 0.05) is 50.3 Å². The molecule has 8 heteroatoms. The summed E-state index contributed by atoms with van der Waals surface area (Å²) in [5.74, 6) is 1.06. The number of nitrogen functional groups attached to an aromatic ring is 1. The van der Waals surface area contributed by atoms with Crippen LogP contribution in [-0.2, 0) is 4.74 Å². The quantitative estimate of drug-likeness (QED) is 0.880. The summed E-state index contributed by atoms with van der Waals surface area (Å²) in [6, 6.07) is 3.71. The molecule has 2 aromatic rings. The second kappa shape index (κ2) is 7.15. The van der Waals surface area contributed by atoms with E-state index in [1.165, 1.54) is 0 Å². The molecular formula is C18H24N6O2. The largest absolute Gasteiger partial charge is 0.444 e. The fourth-order valence-electron chi connectivity index (χ4n) is 2.74. The van der Waals surface area contributed by atoms with Crippen LogP contribution in [0.1, 0.15) is 20.8 Å². The molecule has 1 fully saturated rings. The van der Waals surface area contributed by atoms with E-state index in [0.717, 1.165) is 11.3 Å². The van der Waals surface area contributed by atoms with Crippen molar-refractivity contribution < 1.29 is 9.53 Å². The molecule has 0 aliphatic carbocycles. The van der Waals surface area contributed by atoms with Gasteiger partial charge in [-0.3, -0.25) is 0 Å². The first-order chi connectivity index (χ1) is 12.3. The van der Waals surface area contributed by atoms with Crippen LogP contribution in [0.3, 0.4) is 0 Å². The van der Waals surface area contributed by atoms with Crippen molar-refractivity contribution in [3.8, 4) is 11.4 Å². The Morgan fingerprint density at radius 3 is 2.38 bits per heavy atom. The van der Waals surface area contributed by atoms with Crippen LogP contribution < -0.4 is 10.6 Å². The number of carbonyl (C=O) groups is 1. The van der Waals surface area contributed by atoms with Crippen molar-refractivity contribution >= 4 is 17.6 Å². The fraction of sp³-hybridized carbons (Fsp3) is 0.444. The van der Waals surface area contributed by atoms with Gasteiger partial charge in [0.25, 0.3) is 0 Å². The first-order valence-electron chi connectivity index (χ1n) is 8.59. The second-order valence-corrected chi connectivity index (χ2v) is 7.16. The van der Waals surface area contributed by atoms with Crippen molar-refractivity contribution in [3.63, 3.8) is 0 Å². The third kappa shape index (κ3) is 4.19. The van der Waals surface area contributed by atoms with E-state index in [2.05, 4.69) is 19.9 Å². The number of pyridine rings is 1. The van der Waals surface area contributed by atoms with Crippen LogP contribution in [-0.4, -0.2) is 57.7 Å². The molecular weight excluding hydrogens is 332 g/mol. The summed E-state index contributed by atoms with van der Waals surface area (Å²) < 4.78 is 5.43. The molecule has 26 heavy (non-hydrogen) atoms.